The van der Waals surface area contributed by atoms with E-state index in [1.807, 2.05) is 12.1 Å². The second kappa shape index (κ2) is 12.8. The normalized spacial score (nSPS) is 12.3. The maximum Gasteiger partial charge on any atom is 0.326 e. The van der Waals surface area contributed by atoms with Gasteiger partial charge in [0.15, 0.2) is 0 Å². The minimum atomic E-state index is -1.24. The van der Waals surface area contributed by atoms with E-state index in [-0.39, 0.29) is 18.7 Å². The maximum atomic E-state index is 12.0. The van der Waals surface area contributed by atoms with Crippen molar-refractivity contribution in [3.63, 3.8) is 0 Å². The molecular formula is C19H24IN3O6. The zero-order valence-corrected chi connectivity index (χ0v) is 17.8. The summed E-state index contributed by atoms with van der Waals surface area (Å²) in [6, 6.07) is 3.87. The number of hydrogen-bond donors (Lipinski definition) is 5. The molecule has 0 radical (unpaired) electrons. The smallest absolute Gasteiger partial charge is 0.326 e. The first-order valence-electron chi connectivity index (χ1n) is 8.92. The zero-order valence-electron chi connectivity index (χ0n) is 15.7. The van der Waals surface area contributed by atoms with Crippen LogP contribution in [0.25, 0.3) is 0 Å². The molecule has 0 saturated carbocycles. The number of carboxylic acids is 2. The summed E-state index contributed by atoms with van der Waals surface area (Å²) in [5.41, 5.74) is 0.541. The Hall–Kier alpha value is -2.63. The van der Waals surface area contributed by atoms with Gasteiger partial charge in [0.25, 0.3) is 5.91 Å². The number of halogens is 1. The lowest BCUT2D eigenvalue weighted by Crippen LogP contribution is -2.51. The fourth-order valence-corrected chi connectivity index (χ4v) is 2.74. The highest BCUT2D eigenvalue weighted by Crippen LogP contribution is 2.07. The van der Waals surface area contributed by atoms with E-state index in [9.17, 15) is 24.3 Å². The number of amides is 3. The largest absolute Gasteiger partial charge is 0.480 e. The maximum absolute atomic E-state index is 12.0. The summed E-state index contributed by atoms with van der Waals surface area (Å²) in [5, 5.41) is 25.4. The molecule has 0 unspecified atom stereocenters. The molecule has 0 spiro atoms. The molecule has 3 amide bonds. The second-order valence-corrected chi connectivity index (χ2v) is 7.43. The van der Waals surface area contributed by atoms with Gasteiger partial charge in [-0.25, -0.2) is 14.4 Å². The first-order chi connectivity index (χ1) is 13.7. The van der Waals surface area contributed by atoms with E-state index in [0.717, 1.165) is 3.57 Å². The molecule has 10 heteroatoms. The molecule has 1 aromatic rings. The van der Waals surface area contributed by atoms with E-state index in [4.69, 9.17) is 5.11 Å². The van der Waals surface area contributed by atoms with Crippen molar-refractivity contribution in [2.75, 3.05) is 6.54 Å². The Morgan fingerprint density at radius 1 is 1.00 bits per heavy atom. The minimum absolute atomic E-state index is 0.0146. The average molecular weight is 517 g/mol. The van der Waals surface area contributed by atoms with E-state index >= 15 is 0 Å². The lowest BCUT2D eigenvalue weighted by molar-refractivity contribution is -0.139. The van der Waals surface area contributed by atoms with Crippen LogP contribution < -0.4 is 16.0 Å². The molecule has 1 rings (SSSR count). The van der Waals surface area contributed by atoms with Gasteiger partial charge in [-0.2, -0.15) is 0 Å². The fourth-order valence-electron chi connectivity index (χ4n) is 2.38. The van der Waals surface area contributed by atoms with Crippen molar-refractivity contribution in [2.24, 2.45) is 0 Å². The second-order valence-electron chi connectivity index (χ2n) is 6.18. The van der Waals surface area contributed by atoms with Crippen LogP contribution in [0.15, 0.2) is 36.9 Å². The number of unbranched alkanes of at least 4 members (excludes halogenated alkanes) is 1. The zero-order chi connectivity index (χ0) is 21.8. The first kappa shape index (κ1) is 24.4. The molecule has 0 aliphatic rings. The van der Waals surface area contributed by atoms with Crippen molar-refractivity contribution in [1.29, 1.82) is 0 Å². The number of urea groups is 1. The Morgan fingerprint density at radius 2 is 1.59 bits per heavy atom. The molecule has 0 aliphatic carbocycles. The third kappa shape index (κ3) is 9.41. The Kier molecular flexibility index (Phi) is 10.7. The highest BCUT2D eigenvalue weighted by atomic mass is 127. The topological polar surface area (TPSA) is 145 Å². The summed E-state index contributed by atoms with van der Waals surface area (Å²) in [7, 11) is 0. The Balaban J connectivity index is 2.38. The lowest BCUT2D eigenvalue weighted by Gasteiger charge is -2.18. The van der Waals surface area contributed by atoms with Crippen molar-refractivity contribution in [2.45, 2.75) is 37.8 Å². The standard InChI is InChI=1S/C19H24IN3O6/c1-2-5-14(17(25)26)22-19(29)23-15(18(27)28)6-3-4-11-21-16(24)12-7-9-13(20)10-8-12/h2,7-10,14-15H,1,3-6,11H2,(H,21,24)(H,25,26)(H,27,28)(H2,22,23,29)/t14-,15-/m0/s1. The quantitative estimate of drug-likeness (QED) is 0.163. The predicted molar refractivity (Wildman–Crippen MR) is 115 cm³/mol. The molecule has 1 aromatic carbocycles. The summed E-state index contributed by atoms with van der Waals surface area (Å²) in [6.07, 6.45) is 2.47. The number of carbonyl (C=O) groups excluding carboxylic acids is 2. The van der Waals surface area contributed by atoms with Crippen molar-refractivity contribution < 1.29 is 29.4 Å². The number of benzene rings is 1. The molecule has 0 heterocycles. The molecule has 5 N–H and O–H groups in total. The summed E-state index contributed by atoms with van der Waals surface area (Å²) >= 11 is 2.14. The van der Waals surface area contributed by atoms with E-state index in [1.54, 1.807) is 12.1 Å². The van der Waals surface area contributed by atoms with Crippen LogP contribution >= 0.6 is 22.6 Å². The van der Waals surface area contributed by atoms with E-state index < -0.39 is 30.1 Å². The van der Waals surface area contributed by atoms with Gasteiger partial charge in [-0.3, -0.25) is 4.79 Å². The van der Waals surface area contributed by atoms with E-state index in [1.165, 1.54) is 6.08 Å². The molecule has 0 fully saturated rings. The fraction of sp³-hybridized carbons (Fsp3) is 0.368. The molecule has 29 heavy (non-hydrogen) atoms. The van der Waals surface area contributed by atoms with Crippen LogP contribution in [0.2, 0.25) is 0 Å². The van der Waals surface area contributed by atoms with Gasteiger partial charge in [-0.15, -0.1) is 6.58 Å². The van der Waals surface area contributed by atoms with Gasteiger partial charge in [0.2, 0.25) is 0 Å². The number of rotatable bonds is 12. The predicted octanol–water partition coefficient (Wildman–Crippen LogP) is 1.97. The highest BCUT2D eigenvalue weighted by Gasteiger charge is 2.23. The van der Waals surface area contributed by atoms with Crippen molar-refractivity contribution in [3.8, 4) is 0 Å². The van der Waals surface area contributed by atoms with Gasteiger partial charge in [-0.1, -0.05) is 6.08 Å². The number of aliphatic carboxylic acids is 2. The molecule has 0 bridgehead atoms. The van der Waals surface area contributed by atoms with E-state index in [2.05, 4.69) is 45.1 Å². The van der Waals surface area contributed by atoms with Crippen molar-refractivity contribution in [1.82, 2.24) is 16.0 Å². The highest BCUT2D eigenvalue weighted by molar-refractivity contribution is 14.1. The third-order valence-corrected chi connectivity index (χ3v) is 4.64. The van der Waals surface area contributed by atoms with Gasteiger partial charge in [-0.05, 0) is 72.5 Å². The van der Waals surface area contributed by atoms with Gasteiger partial charge >= 0.3 is 18.0 Å². The first-order valence-corrected chi connectivity index (χ1v) is 9.99. The molecular weight excluding hydrogens is 493 g/mol. The minimum Gasteiger partial charge on any atom is -0.480 e. The van der Waals surface area contributed by atoms with Crippen LogP contribution in [0.5, 0.6) is 0 Å². The number of carboxylic acid groups (broad SMARTS) is 2. The Bertz CT molecular complexity index is 738. The van der Waals surface area contributed by atoms with Crippen LogP contribution in [-0.2, 0) is 9.59 Å². The molecule has 2 atom stereocenters. The Morgan fingerprint density at radius 3 is 2.14 bits per heavy atom. The van der Waals surface area contributed by atoms with Gasteiger partial charge in [0, 0.05) is 15.7 Å². The van der Waals surface area contributed by atoms with Crippen LogP contribution in [0.3, 0.4) is 0 Å². The number of hydrogen-bond acceptors (Lipinski definition) is 4. The van der Waals surface area contributed by atoms with Crippen molar-refractivity contribution >= 4 is 46.5 Å². The van der Waals surface area contributed by atoms with Gasteiger partial charge < -0.3 is 26.2 Å². The monoisotopic (exact) mass is 517 g/mol. The summed E-state index contributed by atoms with van der Waals surface area (Å²) in [6.45, 7) is 3.78. The van der Waals surface area contributed by atoms with Crippen LogP contribution in [0.1, 0.15) is 36.0 Å². The van der Waals surface area contributed by atoms with Gasteiger partial charge in [0.05, 0.1) is 0 Å². The Labute approximate surface area is 182 Å². The molecule has 0 saturated heterocycles. The number of nitrogens with one attached hydrogen (secondary N) is 3. The number of carbonyl (C=O) groups is 4. The SMILES string of the molecule is C=CC[C@H](NC(=O)N[C@@H](CCCCNC(=O)c1ccc(I)cc1)C(=O)O)C(=O)O. The molecule has 158 valence electrons. The average Bonchev–Trinajstić information content (AvgIpc) is 2.66. The lowest BCUT2D eigenvalue weighted by atomic mass is 10.1. The van der Waals surface area contributed by atoms with Crippen molar-refractivity contribution in [3.05, 3.63) is 46.1 Å². The van der Waals surface area contributed by atoms with E-state index in [0.29, 0.717) is 24.9 Å². The molecule has 9 nitrogen and oxygen atoms in total. The summed E-state index contributed by atoms with van der Waals surface area (Å²) in [5.74, 6) is -2.68. The van der Waals surface area contributed by atoms with Crippen LogP contribution in [0.4, 0.5) is 4.79 Å². The summed E-state index contributed by atoms with van der Waals surface area (Å²) < 4.78 is 1.02. The summed E-state index contributed by atoms with van der Waals surface area (Å²) in [4.78, 5) is 46.2. The van der Waals surface area contributed by atoms with Crippen LogP contribution in [-0.4, -0.2) is 52.7 Å². The van der Waals surface area contributed by atoms with Gasteiger partial charge in [0.1, 0.15) is 12.1 Å². The van der Waals surface area contributed by atoms with Crippen LogP contribution in [0, 0.1) is 3.57 Å². The molecule has 0 aromatic heterocycles. The molecule has 0 aliphatic heterocycles. The third-order valence-electron chi connectivity index (χ3n) is 3.92.